The molecule has 1 amide bonds. The first-order valence-electron chi connectivity index (χ1n) is 8.22. The van der Waals surface area contributed by atoms with E-state index in [0.29, 0.717) is 25.1 Å². The Balaban J connectivity index is 1.79. The number of Topliss-reactive ketones (excluding diaryl/α,β-unsaturated/α-hetero) is 1. The predicted molar refractivity (Wildman–Crippen MR) is 87.5 cm³/mol. The molecule has 0 aliphatic carbocycles. The molecule has 1 aliphatic rings. The van der Waals surface area contributed by atoms with Gasteiger partial charge in [0.05, 0.1) is 5.56 Å². The average molecular weight is 347 g/mol. The van der Waals surface area contributed by atoms with Crippen molar-refractivity contribution in [2.24, 2.45) is 5.92 Å². The van der Waals surface area contributed by atoms with Gasteiger partial charge in [-0.3, -0.25) is 9.59 Å². The SMILES string of the molecule is Cc1cc(C)c(C(=O)N2CCC[C@@H](C(=O)c3cc(F)ccc3F)C2)o1. The number of aryl methyl sites for hydroxylation is 2. The number of carbonyl (C=O) groups excluding carboxylic acids is 2. The molecule has 0 radical (unpaired) electrons. The van der Waals surface area contributed by atoms with Crippen LogP contribution in [0.5, 0.6) is 0 Å². The van der Waals surface area contributed by atoms with Gasteiger partial charge in [0.2, 0.25) is 0 Å². The Morgan fingerprint density at radius 1 is 1.20 bits per heavy atom. The largest absolute Gasteiger partial charge is 0.456 e. The lowest BCUT2D eigenvalue weighted by Gasteiger charge is -2.31. The highest BCUT2D eigenvalue weighted by molar-refractivity contribution is 5.99. The second kappa shape index (κ2) is 6.78. The second-order valence-corrected chi connectivity index (χ2v) is 6.45. The highest BCUT2D eigenvalue weighted by Gasteiger charge is 2.32. The van der Waals surface area contributed by atoms with Crippen LogP contribution in [0.15, 0.2) is 28.7 Å². The minimum Gasteiger partial charge on any atom is -0.456 e. The monoisotopic (exact) mass is 347 g/mol. The van der Waals surface area contributed by atoms with Crippen LogP contribution in [0.1, 0.15) is 45.1 Å². The van der Waals surface area contributed by atoms with E-state index in [0.717, 1.165) is 23.8 Å². The molecule has 4 nitrogen and oxygen atoms in total. The number of halogens is 2. The summed E-state index contributed by atoms with van der Waals surface area (Å²) in [5.74, 6) is -1.78. The minimum atomic E-state index is -0.743. The van der Waals surface area contributed by atoms with Crippen LogP contribution in [0, 0.1) is 31.4 Å². The molecule has 1 aromatic carbocycles. The van der Waals surface area contributed by atoms with Crippen LogP contribution in [0.25, 0.3) is 0 Å². The third kappa shape index (κ3) is 3.48. The summed E-state index contributed by atoms with van der Waals surface area (Å²) in [6.07, 6.45) is 1.16. The zero-order valence-corrected chi connectivity index (χ0v) is 14.1. The zero-order valence-electron chi connectivity index (χ0n) is 14.1. The van der Waals surface area contributed by atoms with E-state index in [-0.39, 0.29) is 23.8 Å². The Labute approximate surface area is 144 Å². The fourth-order valence-electron chi connectivity index (χ4n) is 3.28. The van der Waals surface area contributed by atoms with Crippen molar-refractivity contribution in [1.82, 2.24) is 4.90 Å². The van der Waals surface area contributed by atoms with Gasteiger partial charge >= 0.3 is 0 Å². The van der Waals surface area contributed by atoms with E-state index in [2.05, 4.69) is 0 Å². The summed E-state index contributed by atoms with van der Waals surface area (Å²) in [4.78, 5) is 26.8. The van der Waals surface area contributed by atoms with E-state index in [1.54, 1.807) is 24.8 Å². The summed E-state index contributed by atoms with van der Waals surface area (Å²) in [6.45, 7) is 4.23. The molecule has 0 bridgehead atoms. The van der Waals surface area contributed by atoms with Crippen molar-refractivity contribution in [2.45, 2.75) is 26.7 Å². The zero-order chi connectivity index (χ0) is 18.1. The van der Waals surface area contributed by atoms with Crippen LogP contribution in [0.4, 0.5) is 8.78 Å². The summed E-state index contributed by atoms with van der Waals surface area (Å²) in [5, 5.41) is 0. The van der Waals surface area contributed by atoms with E-state index in [4.69, 9.17) is 4.42 Å². The van der Waals surface area contributed by atoms with E-state index >= 15 is 0 Å². The molecule has 1 fully saturated rings. The van der Waals surface area contributed by atoms with Crippen LogP contribution < -0.4 is 0 Å². The molecule has 0 N–H and O–H groups in total. The van der Waals surface area contributed by atoms with Crippen molar-refractivity contribution in [3.05, 3.63) is 58.5 Å². The van der Waals surface area contributed by atoms with Gasteiger partial charge in [0.25, 0.3) is 5.91 Å². The second-order valence-electron chi connectivity index (χ2n) is 6.45. The Morgan fingerprint density at radius 3 is 2.64 bits per heavy atom. The highest BCUT2D eigenvalue weighted by Crippen LogP contribution is 2.25. The molecule has 1 aliphatic heterocycles. The normalized spacial score (nSPS) is 17.6. The third-order valence-electron chi connectivity index (χ3n) is 4.51. The molecule has 1 atom stereocenters. The number of piperidine rings is 1. The smallest absolute Gasteiger partial charge is 0.289 e. The van der Waals surface area contributed by atoms with Crippen LogP contribution in [-0.2, 0) is 0 Å². The maximum Gasteiger partial charge on any atom is 0.289 e. The lowest BCUT2D eigenvalue weighted by molar-refractivity contribution is 0.0607. The van der Waals surface area contributed by atoms with Gasteiger partial charge in [-0.1, -0.05) is 0 Å². The Hall–Kier alpha value is -2.50. The number of ketones is 1. The van der Waals surface area contributed by atoms with Gasteiger partial charge in [-0.05, 0) is 51.0 Å². The third-order valence-corrected chi connectivity index (χ3v) is 4.51. The van der Waals surface area contributed by atoms with Crippen molar-refractivity contribution in [2.75, 3.05) is 13.1 Å². The molecular formula is C19H19F2NO3. The van der Waals surface area contributed by atoms with Gasteiger partial charge < -0.3 is 9.32 Å². The molecule has 1 aromatic heterocycles. The number of benzene rings is 1. The summed E-state index contributed by atoms with van der Waals surface area (Å²) in [7, 11) is 0. The van der Waals surface area contributed by atoms with Gasteiger partial charge in [0, 0.05) is 24.6 Å². The summed E-state index contributed by atoms with van der Waals surface area (Å²) < 4.78 is 32.7. The standard InChI is InChI=1S/C19H19F2NO3/c1-11-8-12(2)25-18(11)19(24)22-7-3-4-13(10-22)17(23)15-9-14(20)5-6-16(15)21/h5-6,8-9,13H,3-4,7,10H2,1-2H3/t13-/m1/s1. The molecule has 0 saturated carbocycles. The highest BCUT2D eigenvalue weighted by atomic mass is 19.1. The van der Waals surface area contributed by atoms with E-state index in [1.807, 2.05) is 0 Å². The Bertz CT molecular complexity index is 828. The van der Waals surface area contributed by atoms with Crippen molar-refractivity contribution < 1.29 is 22.8 Å². The van der Waals surface area contributed by atoms with Crippen LogP contribution in [0.2, 0.25) is 0 Å². The van der Waals surface area contributed by atoms with Crippen molar-refractivity contribution in [3.8, 4) is 0 Å². The van der Waals surface area contributed by atoms with Crippen LogP contribution >= 0.6 is 0 Å². The van der Waals surface area contributed by atoms with E-state index in [9.17, 15) is 18.4 Å². The maximum atomic E-state index is 13.9. The minimum absolute atomic E-state index is 0.173. The fraction of sp³-hybridized carbons (Fsp3) is 0.368. The molecule has 132 valence electrons. The molecule has 25 heavy (non-hydrogen) atoms. The molecular weight excluding hydrogens is 328 g/mol. The number of hydrogen-bond acceptors (Lipinski definition) is 3. The quantitative estimate of drug-likeness (QED) is 0.791. The number of carbonyl (C=O) groups is 2. The van der Waals surface area contributed by atoms with Crippen molar-refractivity contribution >= 4 is 11.7 Å². The molecule has 1 saturated heterocycles. The van der Waals surface area contributed by atoms with Gasteiger partial charge in [-0.2, -0.15) is 0 Å². The number of hydrogen-bond donors (Lipinski definition) is 0. The van der Waals surface area contributed by atoms with Crippen LogP contribution in [0.3, 0.4) is 0 Å². The number of rotatable bonds is 3. The summed E-state index contributed by atoms with van der Waals surface area (Å²) in [6, 6.07) is 4.62. The topological polar surface area (TPSA) is 50.5 Å². The van der Waals surface area contributed by atoms with Crippen LogP contribution in [-0.4, -0.2) is 29.7 Å². The molecule has 0 unspecified atom stereocenters. The molecule has 2 heterocycles. The first-order valence-corrected chi connectivity index (χ1v) is 8.22. The number of likely N-dealkylation sites (tertiary alicyclic amines) is 1. The van der Waals surface area contributed by atoms with Gasteiger partial charge in [0.1, 0.15) is 17.4 Å². The Morgan fingerprint density at radius 2 is 1.96 bits per heavy atom. The molecule has 3 rings (SSSR count). The number of furan rings is 1. The van der Waals surface area contributed by atoms with Crippen molar-refractivity contribution in [3.63, 3.8) is 0 Å². The van der Waals surface area contributed by atoms with Gasteiger partial charge in [-0.15, -0.1) is 0 Å². The summed E-state index contributed by atoms with van der Waals surface area (Å²) >= 11 is 0. The average Bonchev–Trinajstić information content (AvgIpc) is 2.94. The molecule has 0 spiro atoms. The summed E-state index contributed by atoms with van der Waals surface area (Å²) in [5.41, 5.74) is 0.483. The van der Waals surface area contributed by atoms with E-state index < -0.39 is 23.3 Å². The lowest BCUT2D eigenvalue weighted by Crippen LogP contribution is -2.42. The molecule has 6 heteroatoms. The van der Waals surface area contributed by atoms with E-state index in [1.165, 1.54) is 0 Å². The predicted octanol–water partition coefficient (Wildman–Crippen LogP) is 3.91. The maximum absolute atomic E-state index is 13.9. The fourth-order valence-corrected chi connectivity index (χ4v) is 3.28. The van der Waals surface area contributed by atoms with Crippen molar-refractivity contribution in [1.29, 1.82) is 0 Å². The Kier molecular flexibility index (Phi) is 4.70. The lowest BCUT2D eigenvalue weighted by atomic mass is 9.89. The first-order chi connectivity index (χ1) is 11.9. The number of nitrogens with zero attached hydrogens (tertiary/aromatic N) is 1. The number of amides is 1. The van der Waals surface area contributed by atoms with Gasteiger partial charge in [-0.25, -0.2) is 8.78 Å². The van der Waals surface area contributed by atoms with Gasteiger partial charge in [0.15, 0.2) is 11.5 Å². The first kappa shape index (κ1) is 17.3. The molecule has 2 aromatic rings.